The summed E-state index contributed by atoms with van der Waals surface area (Å²) in [4.78, 5) is 24.7. The number of ether oxygens (including phenoxy) is 3. The standard InChI is InChI=1S/C18H20O6/c1-4-10-18-9(5-11(20)22-10)16(2)6-8(19)7-17(3)13(16)12(14(18)24-18)23-15(17)21/h4-5,8,10,12-14,19H,1,6-7H2,2-3H3/t8-,10+,12-,13+,14+,16+,17-,18+/m0/s1. The molecule has 4 fully saturated rings. The van der Waals surface area contributed by atoms with Crippen molar-refractivity contribution in [1.29, 1.82) is 0 Å². The minimum absolute atomic E-state index is 0.121. The quantitative estimate of drug-likeness (QED) is 0.436. The first-order chi connectivity index (χ1) is 11.3. The van der Waals surface area contributed by atoms with Crippen LogP contribution >= 0.6 is 0 Å². The van der Waals surface area contributed by atoms with E-state index in [-0.39, 0.29) is 24.1 Å². The minimum atomic E-state index is -0.797. The molecule has 0 unspecified atom stereocenters. The van der Waals surface area contributed by atoms with Crippen LogP contribution in [0.3, 0.4) is 0 Å². The Kier molecular flexibility index (Phi) is 2.41. The molecule has 0 aromatic heterocycles. The van der Waals surface area contributed by atoms with Gasteiger partial charge >= 0.3 is 11.9 Å². The maximum Gasteiger partial charge on any atom is 0.331 e. The molecule has 5 rings (SSSR count). The molecule has 5 aliphatic rings. The zero-order valence-electron chi connectivity index (χ0n) is 13.7. The predicted molar refractivity (Wildman–Crippen MR) is 80.6 cm³/mol. The average molecular weight is 332 g/mol. The van der Waals surface area contributed by atoms with Gasteiger partial charge in [0.15, 0.2) is 11.7 Å². The Labute approximate surface area is 139 Å². The van der Waals surface area contributed by atoms with Crippen LogP contribution in [-0.2, 0) is 23.8 Å². The predicted octanol–water partition coefficient (Wildman–Crippen LogP) is 0.884. The second kappa shape index (κ2) is 3.94. The molecular weight excluding hydrogens is 312 g/mol. The van der Waals surface area contributed by atoms with Gasteiger partial charge in [0.1, 0.15) is 12.2 Å². The molecule has 3 aliphatic heterocycles. The lowest BCUT2D eigenvalue weighted by molar-refractivity contribution is -0.151. The zero-order chi connectivity index (χ0) is 17.1. The number of aliphatic hydroxyl groups excluding tert-OH is 1. The van der Waals surface area contributed by atoms with Crippen molar-refractivity contribution in [2.45, 2.75) is 56.7 Å². The molecule has 6 nitrogen and oxygen atoms in total. The summed E-state index contributed by atoms with van der Waals surface area (Å²) in [5.41, 5.74) is -1.29. The highest BCUT2D eigenvalue weighted by Crippen LogP contribution is 2.72. The second-order valence-electron chi connectivity index (χ2n) is 8.23. The van der Waals surface area contributed by atoms with Gasteiger partial charge in [0.05, 0.1) is 11.5 Å². The van der Waals surface area contributed by atoms with Crippen LogP contribution in [0.25, 0.3) is 0 Å². The number of carbonyl (C=O) groups excluding carboxylic acids is 2. The first-order valence-electron chi connectivity index (χ1n) is 8.40. The number of esters is 2. The van der Waals surface area contributed by atoms with E-state index in [0.717, 1.165) is 5.57 Å². The van der Waals surface area contributed by atoms with Crippen LogP contribution in [0.2, 0.25) is 0 Å². The van der Waals surface area contributed by atoms with Gasteiger partial charge in [0.25, 0.3) is 0 Å². The molecule has 1 N–H and O–H groups in total. The summed E-state index contributed by atoms with van der Waals surface area (Å²) in [6, 6.07) is 0. The molecule has 0 radical (unpaired) electrons. The molecule has 6 heteroatoms. The fourth-order valence-corrected chi connectivity index (χ4v) is 6.18. The molecule has 0 aromatic carbocycles. The van der Waals surface area contributed by atoms with Gasteiger partial charge in [0, 0.05) is 17.4 Å². The third-order valence-corrected chi connectivity index (χ3v) is 6.89. The summed E-state index contributed by atoms with van der Waals surface area (Å²) in [6.45, 7) is 7.65. The van der Waals surface area contributed by atoms with Crippen LogP contribution in [-0.4, -0.2) is 47.1 Å². The van der Waals surface area contributed by atoms with Crippen molar-refractivity contribution in [3.05, 3.63) is 24.3 Å². The number of hydrogen-bond donors (Lipinski definition) is 1. The Morgan fingerprint density at radius 3 is 2.67 bits per heavy atom. The van der Waals surface area contributed by atoms with Gasteiger partial charge < -0.3 is 19.3 Å². The SMILES string of the molecule is C=C[C@H]1OC(=O)C=C2[C@@]13O[C@@H]3[C@H]1OC(=O)[C@@]3(C)C[C@@H](O)C[C@@]2(C)[C@@H]13. The first kappa shape index (κ1) is 14.7. The van der Waals surface area contributed by atoms with Crippen molar-refractivity contribution >= 4 is 11.9 Å². The highest BCUT2D eigenvalue weighted by Gasteiger charge is 2.83. The van der Waals surface area contributed by atoms with Gasteiger partial charge in [-0.1, -0.05) is 13.5 Å². The highest BCUT2D eigenvalue weighted by atomic mass is 16.7. The van der Waals surface area contributed by atoms with Crippen LogP contribution in [0, 0.1) is 16.7 Å². The van der Waals surface area contributed by atoms with Crippen molar-refractivity contribution in [3.63, 3.8) is 0 Å². The molecule has 2 saturated heterocycles. The maximum atomic E-state index is 12.6. The van der Waals surface area contributed by atoms with E-state index in [0.29, 0.717) is 12.8 Å². The highest BCUT2D eigenvalue weighted by molar-refractivity contribution is 5.87. The van der Waals surface area contributed by atoms with E-state index in [1.54, 1.807) is 6.08 Å². The van der Waals surface area contributed by atoms with E-state index in [9.17, 15) is 14.7 Å². The van der Waals surface area contributed by atoms with Gasteiger partial charge in [-0.15, -0.1) is 0 Å². The molecule has 1 spiro atoms. The summed E-state index contributed by atoms with van der Waals surface area (Å²) in [6.07, 6.45) is 2.00. The Morgan fingerprint density at radius 1 is 1.25 bits per heavy atom. The van der Waals surface area contributed by atoms with E-state index >= 15 is 0 Å². The smallest absolute Gasteiger partial charge is 0.331 e. The van der Waals surface area contributed by atoms with Crippen LogP contribution in [0.15, 0.2) is 24.3 Å². The number of fused-ring (bicyclic) bond motifs is 2. The largest absolute Gasteiger partial charge is 0.459 e. The molecule has 24 heavy (non-hydrogen) atoms. The topological polar surface area (TPSA) is 85.4 Å². The Balaban J connectivity index is 1.75. The number of cyclic esters (lactones) is 1. The fraction of sp³-hybridized carbons (Fsp3) is 0.667. The number of rotatable bonds is 1. The average Bonchev–Trinajstić information content (AvgIpc) is 3.16. The zero-order valence-corrected chi connectivity index (χ0v) is 13.7. The van der Waals surface area contributed by atoms with E-state index in [2.05, 4.69) is 6.58 Å². The summed E-state index contributed by atoms with van der Waals surface area (Å²) in [5, 5.41) is 10.5. The van der Waals surface area contributed by atoms with Crippen LogP contribution in [0.1, 0.15) is 26.7 Å². The third kappa shape index (κ3) is 1.34. The fourth-order valence-electron chi connectivity index (χ4n) is 6.18. The lowest BCUT2D eigenvalue weighted by Gasteiger charge is -2.54. The van der Waals surface area contributed by atoms with Crippen molar-refractivity contribution in [1.82, 2.24) is 0 Å². The molecule has 0 aromatic rings. The van der Waals surface area contributed by atoms with E-state index in [4.69, 9.17) is 14.2 Å². The maximum absolute atomic E-state index is 12.6. The van der Waals surface area contributed by atoms with Gasteiger partial charge in [-0.2, -0.15) is 0 Å². The van der Waals surface area contributed by atoms with Crippen LogP contribution in [0.5, 0.6) is 0 Å². The third-order valence-electron chi connectivity index (χ3n) is 6.89. The summed E-state index contributed by atoms with van der Waals surface area (Å²) >= 11 is 0. The lowest BCUT2D eigenvalue weighted by Crippen LogP contribution is -2.61. The summed E-state index contributed by atoms with van der Waals surface area (Å²) < 4.78 is 17.2. The number of carbonyl (C=O) groups is 2. The van der Waals surface area contributed by atoms with E-state index in [1.165, 1.54) is 6.08 Å². The molecule has 2 aliphatic carbocycles. The Hall–Kier alpha value is -1.66. The molecular formula is C18H20O6. The van der Waals surface area contributed by atoms with E-state index < -0.39 is 34.6 Å². The van der Waals surface area contributed by atoms with E-state index in [1.807, 2.05) is 13.8 Å². The Bertz CT molecular complexity index is 727. The molecule has 3 heterocycles. The monoisotopic (exact) mass is 332 g/mol. The Morgan fingerprint density at radius 2 is 1.96 bits per heavy atom. The van der Waals surface area contributed by atoms with Gasteiger partial charge in [-0.3, -0.25) is 4.79 Å². The lowest BCUT2D eigenvalue weighted by atomic mass is 9.47. The number of epoxide rings is 1. The van der Waals surface area contributed by atoms with Gasteiger partial charge in [-0.05, 0) is 31.4 Å². The molecule has 8 atom stereocenters. The summed E-state index contributed by atoms with van der Waals surface area (Å²) in [5.74, 6) is -0.833. The molecule has 0 amide bonds. The van der Waals surface area contributed by atoms with Crippen molar-refractivity contribution in [3.8, 4) is 0 Å². The first-order valence-corrected chi connectivity index (χ1v) is 8.40. The van der Waals surface area contributed by atoms with Crippen LogP contribution < -0.4 is 0 Å². The van der Waals surface area contributed by atoms with Crippen molar-refractivity contribution in [2.24, 2.45) is 16.7 Å². The number of hydrogen-bond acceptors (Lipinski definition) is 6. The van der Waals surface area contributed by atoms with Crippen molar-refractivity contribution in [2.75, 3.05) is 0 Å². The summed E-state index contributed by atoms with van der Waals surface area (Å²) in [7, 11) is 0. The molecule has 128 valence electrons. The van der Waals surface area contributed by atoms with Gasteiger partial charge in [-0.25, -0.2) is 4.79 Å². The number of aliphatic hydroxyl groups is 1. The van der Waals surface area contributed by atoms with Gasteiger partial charge in [0.2, 0.25) is 0 Å². The van der Waals surface area contributed by atoms with Crippen molar-refractivity contribution < 1.29 is 28.9 Å². The minimum Gasteiger partial charge on any atom is -0.459 e. The normalized spacial score (nSPS) is 57.0. The second-order valence-corrected chi connectivity index (χ2v) is 8.23. The molecule has 0 bridgehead atoms. The van der Waals surface area contributed by atoms with Crippen LogP contribution in [0.4, 0.5) is 0 Å². The molecule has 2 saturated carbocycles.